The molecule has 0 aliphatic rings. The number of rotatable bonds is 3. The van der Waals surface area contributed by atoms with Crippen molar-refractivity contribution in [1.29, 1.82) is 0 Å². The molecule has 0 aliphatic heterocycles. The molecular weight excluding hydrogens is 242 g/mol. The molecule has 2 N–H and O–H groups in total. The number of carbonyl (C=O) groups is 1. The molecule has 5 nitrogen and oxygen atoms in total. The summed E-state index contributed by atoms with van der Waals surface area (Å²) < 4.78 is 5.24. The summed E-state index contributed by atoms with van der Waals surface area (Å²) in [6.45, 7) is 0. The average molecular weight is 257 g/mol. The molecule has 0 fully saturated rings. The maximum Gasteiger partial charge on any atom is 0.278 e. The third-order valence-electron chi connectivity index (χ3n) is 2.79. The molecule has 0 bridgehead atoms. The van der Waals surface area contributed by atoms with Gasteiger partial charge < -0.3 is 15.4 Å². The Morgan fingerprint density at radius 2 is 2.00 bits per heavy atom. The van der Waals surface area contributed by atoms with Gasteiger partial charge in [-0.25, -0.2) is 4.98 Å². The maximum absolute atomic E-state index is 12.4. The molecule has 1 aromatic heterocycles. The zero-order valence-corrected chi connectivity index (χ0v) is 10.8. The highest BCUT2D eigenvalue weighted by atomic mass is 16.5. The third kappa shape index (κ3) is 2.49. The number of anilines is 2. The van der Waals surface area contributed by atoms with E-state index in [1.807, 2.05) is 12.1 Å². The molecule has 0 spiro atoms. The van der Waals surface area contributed by atoms with Crippen molar-refractivity contribution in [3.8, 4) is 5.75 Å². The molecule has 1 amide bonds. The Hall–Kier alpha value is -2.56. The van der Waals surface area contributed by atoms with Crippen molar-refractivity contribution in [1.82, 2.24) is 4.98 Å². The first-order valence-electron chi connectivity index (χ1n) is 5.76. The molecule has 0 aliphatic carbocycles. The molecule has 98 valence electrons. The Kier molecular flexibility index (Phi) is 3.66. The van der Waals surface area contributed by atoms with Crippen molar-refractivity contribution in [2.24, 2.45) is 0 Å². The Bertz CT molecular complexity index is 599. The van der Waals surface area contributed by atoms with Crippen molar-refractivity contribution >= 4 is 17.3 Å². The zero-order valence-electron chi connectivity index (χ0n) is 10.8. The van der Waals surface area contributed by atoms with Gasteiger partial charge in [0.25, 0.3) is 5.91 Å². The number of nitrogens with two attached hydrogens (primary N) is 1. The van der Waals surface area contributed by atoms with Crippen LogP contribution < -0.4 is 15.4 Å². The van der Waals surface area contributed by atoms with Gasteiger partial charge in [-0.15, -0.1) is 0 Å². The molecule has 2 aromatic rings. The van der Waals surface area contributed by atoms with Crippen LogP contribution in [0.3, 0.4) is 0 Å². The number of pyridine rings is 1. The summed E-state index contributed by atoms with van der Waals surface area (Å²) in [5.41, 5.74) is 7.02. The van der Waals surface area contributed by atoms with Gasteiger partial charge in [-0.1, -0.05) is 12.1 Å². The van der Waals surface area contributed by atoms with Crippen LogP contribution in [-0.2, 0) is 0 Å². The first-order chi connectivity index (χ1) is 9.15. The predicted molar refractivity (Wildman–Crippen MR) is 74.4 cm³/mol. The van der Waals surface area contributed by atoms with Crippen molar-refractivity contribution in [2.75, 3.05) is 24.8 Å². The van der Waals surface area contributed by atoms with E-state index in [-0.39, 0.29) is 11.6 Å². The van der Waals surface area contributed by atoms with Crippen molar-refractivity contribution in [3.63, 3.8) is 0 Å². The van der Waals surface area contributed by atoms with Gasteiger partial charge >= 0.3 is 0 Å². The summed E-state index contributed by atoms with van der Waals surface area (Å²) in [5.74, 6) is 0.343. The van der Waals surface area contributed by atoms with E-state index in [2.05, 4.69) is 4.98 Å². The van der Waals surface area contributed by atoms with E-state index in [0.717, 1.165) is 0 Å². The fourth-order valence-electron chi connectivity index (χ4n) is 1.77. The Balaban J connectivity index is 2.37. The number of benzene rings is 1. The maximum atomic E-state index is 12.4. The Morgan fingerprint density at radius 3 is 2.68 bits per heavy atom. The number of carbonyl (C=O) groups excluding carboxylic acids is 1. The second-order valence-electron chi connectivity index (χ2n) is 3.98. The third-order valence-corrected chi connectivity index (χ3v) is 2.79. The van der Waals surface area contributed by atoms with E-state index in [4.69, 9.17) is 10.5 Å². The number of aromatic nitrogens is 1. The lowest BCUT2D eigenvalue weighted by atomic mass is 10.2. The van der Waals surface area contributed by atoms with Crippen LogP contribution in [0.4, 0.5) is 11.4 Å². The Labute approximate surface area is 111 Å². The van der Waals surface area contributed by atoms with Gasteiger partial charge in [0.05, 0.1) is 18.5 Å². The quantitative estimate of drug-likeness (QED) is 0.912. The minimum absolute atomic E-state index is 0.232. The summed E-state index contributed by atoms with van der Waals surface area (Å²) in [7, 11) is 3.22. The zero-order chi connectivity index (χ0) is 13.8. The van der Waals surface area contributed by atoms with Crippen LogP contribution in [0.15, 0.2) is 42.6 Å². The smallest absolute Gasteiger partial charge is 0.278 e. The van der Waals surface area contributed by atoms with Crippen molar-refractivity contribution < 1.29 is 9.53 Å². The number of methoxy groups -OCH3 is 1. The van der Waals surface area contributed by atoms with Gasteiger partial charge in [0.1, 0.15) is 5.75 Å². The first kappa shape index (κ1) is 12.9. The number of hydrogen-bond acceptors (Lipinski definition) is 4. The van der Waals surface area contributed by atoms with E-state index >= 15 is 0 Å². The van der Waals surface area contributed by atoms with Crippen LogP contribution >= 0.6 is 0 Å². The highest BCUT2D eigenvalue weighted by Crippen LogP contribution is 2.28. The minimum Gasteiger partial charge on any atom is -0.495 e. The van der Waals surface area contributed by atoms with E-state index in [1.165, 1.54) is 4.90 Å². The number of ether oxygens (including phenoxy) is 1. The van der Waals surface area contributed by atoms with Gasteiger partial charge in [0.15, 0.2) is 5.69 Å². The fourth-order valence-corrected chi connectivity index (χ4v) is 1.77. The van der Waals surface area contributed by atoms with Gasteiger partial charge in [0, 0.05) is 13.2 Å². The minimum atomic E-state index is -0.275. The first-order valence-corrected chi connectivity index (χ1v) is 5.76. The molecule has 0 atom stereocenters. The second-order valence-corrected chi connectivity index (χ2v) is 3.98. The number of nitrogen functional groups attached to an aromatic ring is 1. The van der Waals surface area contributed by atoms with E-state index in [9.17, 15) is 4.79 Å². The largest absolute Gasteiger partial charge is 0.495 e. The molecular formula is C14H15N3O2. The number of para-hydroxylation sites is 2. The lowest BCUT2D eigenvalue weighted by Crippen LogP contribution is -2.28. The highest BCUT2D eigenvalue weighted by molar-refractivity contribution is 6.08. The summed E-state index contributed by atoms with van der Waals surface area (Å²) in [4.78, 5) is 17.9. The Morgan fingerprint density at radius 1 is 1.26 bits per heavy atom. The molecule has 5 heteroatoms. The van der Waals surface area contributed by atoms with Gasteiger partial charge in [-0.2, -0.15) is 0 Å². The molecule has 1 aromatic carbocycles. The van der Waals surface area contributed by atoms with E-state index in [0.29, 0.717) is 17.1 Å². The monoisotopic (exact) mass is 257 g/mol. The number of hydrogen-bond donors (Lipinski definition) is 1. The van der Waals surface area contributed by atoms with E-state index in [1.54, 1.807) is 44.6 Å². The van der Waals surface area contributed by atoms with Crippen LogP contribution in [0.5, 0.6) is 5.75 Å². The van der Waals surface area contributed by atoms with Crippen molar-refractivity contribution in [3.05, 3.63) is 48.3 Å². The molecule has 19 heavy (non-hydrogen) atoms. The summed E-state index contributed by atoms with van der Waals surface area (Å²) >= 11 is 0. The molecule has 0 saturated heterocycles. The van der Waals surface area contributed by atoms with E-state index < -0.39 is 0 Å². The van der Waals surface area contributed by atoms with Crippen LogP contribution in [0, 0.1) is 0 Å². The topological polar surface area (TPSA) is 68.5 Å². The van der Waals surface area contributed by atoms with Crippen LogP contribution in [0.2, 0.25) is 0 Å². The molecule has 0 unspecified atom stereocenters. The van der Waals surface area contributed by atoms with Crippen molar-refractivity contribution in [2.45, 2.75) is 0 Å². The van der Waals surface area contributed by atoms with Crippen LogP contribution in [-0.4, -0.2) is 25.0 Å². The average Bonchev–Trinajstić information content (AvgIpc) is 2.46. The number of amides is 1. The fraction of sp³-hybridized carbons (Fsp3) is 0.143. The molecule has 2 rings (SSSR count). The standard InChI is InChI=1S/C14H15N3O2/c1-17(11-7-3-4-8-12(11)19-2)14(18)13-10(15)6-5-9-16-13/h3-9H,15H2,1-2H3. The predicted octanol–water partition coefficient (Wildman–Crippen LogP) is 1.95. The van der Waals surface area contributed by atoms with Crippen LogP contribution in [0.1, 0.15) is 10.5 Å². The summed E-state index contributed by atoms with van der Waals surface area (Å²) in [5, 5.41) is 0. The van der Waals surface area contributed by atoms with Gasteiger partial charge in [-0.3, -0.25) is 4.79 Å². The summed E-state index contributed by atoms with van der Waals surface area (Å²) in [6.07, 6.45) is 1.54. The van der Waals surface area contributed by atoms with Crippen LogP contribution in [0.25, 0.3) is 0 Å². The summed E-state index contributed by atoms with van der Waals surface area (Å²) in [6, 6.07) is 10.6. The SMILES string of the molecule is COc1ccccc1N(C)C(=O)c1ncccc1N. The molecule has 1 heterocycles. The highest BCUT2D eigenvalue weighted by Gasteiger charge is 2.19. The lowest BCUT2D eigenvalue weighted by Gasteiger charge is -2.19. The lowest BCUT2D eigenvalue weighted by molar-refractivity contribution is 0.0988. The molecule has 0 saturated carbocycles. The molecule has 0 radical (unpaired) electrons. The number of nitrogens with zero attached hydrogens (tertiary/aromatic N) is 2. The van der Waals surface area contributed by atoms with Gasteiger partial charge in [0.2, 0.25) is 0 Å². The van der Waals surface area contributed by atoms with Gasteiger partial charge in [-0.05, 0) is 24.3 Å². The second kappa shape index (κ2) is 5.39. The normalized spacial score (nSPS) is 10.0.